The summed E-state index contributed by atoms with van der Waals surface area (Å²) in [6.45, 7) is 8.06. The van der Waals surface area contributed by atoms with Crippen LogP contribution in [0.4, 0.5) is 17.6 Å². The van der Waals surface area contributed by atoms with Gasteiger partial charge in [-0.3, -0.25) is 4.79 Å². The molecule has 196 valence electrons. The highest BCUT2D eigenvalue weighted by Crippen LogP contribution is 2.66. The summed E-state index contributed by atoms with van der Waals surface area (Å²) in [4.78, 5) is 25.2. The van der Waals surface area contributed by atoms with Crippen molar-refractivity contribution in [3.05, 3.63) is 69.5 Å². The van der Waals surface area contributed by atoms with E-state index in [4.69, 9.17) is 9.47 Å². The number of benzene rings is 2. The maximum absolute atomic E-state index is 15.3. The van der Waals surface area contributed by atoms with Gasteiger partial charge in [-0.2, -0.15) is 0 Å². The fourth-order valence-corrected chi connectivity index (χ4v) is 6.15. The Hall–Kier alpha value is -3.36. The molecule has 0 spiro atoms. The molecule has 2 aliphatic rings. The normalized spacial score (nSPS) is 24.0. The van der Waals surface area contributed by atoms with Crippen LogP contribution in [0.1, 0.15) is 57.3 Å². The van der Waals surface area contributed by atoms with E-state index in [0.29, 0.717) is 12.0 Å². The predicted octanol–water partition coefficient (Wildman–Crippen LogP) is 6.32. The van der Waals surface area contributed by atoms with Gasteiger partial charge in [-0.15, -0.1) is 0 Å². The number of ether oxygens (including phenoxy) is 2. The summed E-state index contributed by atoms with van der Waals surface area (Å²) in [6.07, 6.45) is 3.66. The molecular formula is C28H27F4NO4. The van der Waals surface area contributed by atoms with E-state index < -0.39 is 51.1 Å². The number of fused-ring (bicyclic) bond motifs is 3. The van der Waals surface area contributed by atoms with Gasteiger partial charge < -0.3 is 14.0 Å². The van der Waals surface area contributed by atoms with Gasteiger partial charge >= 0.3 is 5.97 Å². The van der Waals surface area contributed by atoms with Crippen LogP contribution in [0.15, 0.2) is 35.3 Å². The zero-order chi connectivity index (χ0) is 26.9. The molecular weight excluding hydrogens is 490 g/mol. The van der Waals surface area contributed by atoms with Crippen LogP contribution in [-0.2, 0) is 4.74 Å². The second kappa shape index (κ2) is 8.60. The second-order valence-corrected chi connectivity index (χ2v) is 10.7. The minimum atomic E-state index is -1.79. The molecule has 1 aromatic heterocycles. The molecule has 2 aliphatic carbocycles. The fourth-order valence-electron chi connectivity index (χ4n) is 6.15. The molecule has 0 radical (unpaired) electrons. The first-order valence-electron chi connectivity index (χ1n) is 12.3. The van der Waals surface area contributed by atoms with Crippen molar-refractivity contribution in [1.82, 2.24) is 4.57 Å². The Bertz CT molecular complexity index is 1500. The maximum atomic E-state index is 15.3. The molecule has 0 aliphatic heterocycles. The number of rotatable bonds is 5. The van der Waals surface area contributed by atoms with Gasteiger partial charge in [0.1, 0.15) is 11.7 Å². The van der Waals surface area contributed by atoms with E-state index in [0.717, 1.165) is 36.1 Å². The Morgan fingerprint density at radius 1 is 1.08 bits per heavy atom. The van der Waals surface area contributed by atoms with Crippen LogP contribution in [0.5, 0.6) is 5.75 Å². The summed E-state index contributed by atoms with van der Waals surface area (Å²) in [5, 5.41) is -0.583. The number of esters is 1. The average Bonchev–Trinajstić information content (AvgIpc) is 3.18. The van der Waals surface area contributed by atoms with Crippen molar-refractivity contribution >= 4 is 16.9 Å². The second-order valence-electron chi connectivity index (χ2n) is 10.7. The van der Waals surface area contributed by atoms with E-state index in [-0.39, 0.29) is 35.0 Å². The molecule has 1 heterocycles. The molecule has 3 atom stereocenters. The molecule has 9 heteroatoms. The minimum Gasteiger partial charge on any atom is -0.487 e. The lowest BCUT2D eigenvalue weighted by atomic mass is 9.70. The first-order chi connectivity index (χ1) is 17.4. The van der Waals surface area contributed by atoms with Crippen LogP contribution in [0, 0.1) is 40.0 Å². The van der Waals surface area contributed by atoms with Crippen molar-refractivity contribution in [3.63, 3.8) is 0 Å². The van der Waals surface area contributed by atoms with Crippen LogP contribution < -0.4 is 10.2 Å². The number of nitrogens with zero attached hydrogens (tertiary/aromatic N) is 1. The lowest BCUT2D eigenvalue weighted by Gasteiger charge is -2.38. The number of hydrogen-bond donors (Lipinski definition) is 0. The largest absolute Gasteiger partial charge is 0.487 e. The van der Waals surface area contributed by atoms with Gasteiger partial charge in [0, 0.05) is 23.4 Å². The number of aromatic nitrogens is 1. The summed E-state index contributed by atoms with van der Waals surface area (Å²) in [5.74, 6) is -6.32. The van der Waals surface area contributed by atoms with Gasteiger partial charge in [0.05, 0.1) is 17.5 Å². The van der Waals surface area contributed by atoms with E-state index >= 15 is 4.39 Å². The fraction of sp³-hybridized carbons (Fsp3) is 0.429. The van der Waals surface area contributed by atoms with Gasteiger partial charge in [-0.25, -0.2) is 22.4 Å². The predicted molar refractivity (Wildman–Crippen MR) is 129 cm³/mol. The van der Waals surface area contributed by atoms with Crippen molar-refractivity contribution in [2.45, 2.75) is 53.1 Å². The van der Waals surface area contributed by atoms with Crippen LogP contribution >= 0.6 is 0 Å². The quantitative estimate of drug-likeness (QED) is 0.226. The molecule has 3 aromatic rings. The van der Waals surface area contributed by atoms with Crippen LogP contribution in [-0.4, -0.2) is 23.2 Å². The Labute approximate surface area is 211 Å². The number of hydrogen-bond acceptors (Lipinski definition) is 4. The van der Waals surface area contributed by atoms with E-state index in [1.807, 2.05) is 0 Å². The van der Waals surface area contributed by atoms with Gasteiger partial charge in [0.25, 0.3) is 0 Å². The zero-order valence-electron chi connectivity index (χ0n) is 21.0. The molecule has 2 fully saturated rings. The summed E-state index contributed by atoms with van der Waals surface area (Å²) < 4.78 is 70.4. The lowest BCUT2D eigenvalue weighted by Crippen LogP contribution is -2.39. The number of halogens is 4. The van der Waals surface area contributed by atoms with E-state index in [1.54, 1.807) is 0 Å². The molecule has 2 bridgehead atoms. The molecule has 0 N–H and O–H groups in total. The standard InChI is InChI=1S/C28H27F4NO4/c1-5-36-26(35)17-13-33(24-16(25(17)34)12-19(30)22(31)23(24)32)15-6-7-20(18(29)11-15)37-21-10-14-8-9-28(21,4)27(14,2)3/h6-7,11-14,21H,5,8-10H2,1-4H3/t14-,21-,28-/m0/s1. The van der Waals surface area contributed by atoms with Crippen molar-refractivity contribution in [2.24, 2.45) is 16.7 Å². The number of pyridine rings is 1. The Morgan fingerprint density at radius 3 is 2.41 bits per heavy atom. The average molecular weight is 518 g/mol. The molecule has 5 rings (SSSR count). The highest BCUT2D eigenvalue weighted by Gasteiger charge is 2.62. The van der Waals surface area contributed by atoms with E-state index in [9.17, 15) is 22.8 Å². The van der Waals surface area contributed by atoms with Crippen molar-refractivity contribution in [3.8, 4) is 11.4 Å². The molecule has 2 aromatic carbocycles. The van der Waals surface area contributed by atoms with Gasteiger partial charge in [-0.1, -0.05) is 20.8 Å². The van der Waals surface area contributed by atoms with E-state index in [2.05, 4.69) is 20.8 Å². The minimum absolute atomic E-state index is 0.00647. The first-order valence-corrected chi connectivity index (χ1v) is 12.3. The van der Waals surface area contributed by atoms with Gasteiger partial charge in [0.2, 0.25) is 5.43 Å². The molecule has 0 amide bonds. The van der Waals surface area contributed by atoms with Crippen LogP contribution in [0.2, 0.25) is 0 Å². The third kappa shape index (κ3) is 3.65. The van der Waals surface area contributed by atoms with Crippen LogP contribution in [0.25, 0.3) is 16.6 Å². The number of carbonyl (C=O) groups is 1. The van der Waals surface area contributed by atoms with Crippen molar-refractivity contribution in [2.75, 3.05) is 6.61 Å². The summed E-state index contributed by atoms with van der Waals surface area (Å²) in [6, 6.07) is 4.33. The summed E-state index contributed by atoms with van der Waals surface area (Å²) >= 11 is 0. The first kappa shape index (κ1) is 25.3. The smallest absolute Gasteiger partial charge is 0.343 e. The summed E-state index contributed by atoms with van der Waals surface area (Å²) in [7, 11) is 0. The SMILES string of the molecule is CCOC(=O)c1cn(-c2ccc(O[C@H]3C[C@@H]4CC[C@]3(C)C4(C)C)c(F)c2)c2c(F)c(F)c(F)cc2c1=O. The lowest BCUT2D eigenvalue weighted by molar-refractivity contribution is 0.0278. The topological polar surface area (TPSA) is 57.5 Å². The monoisotopic (exact) mass is 517 g/mol. The van der Waals surface area contributed by atoms with Gasteiger partial charge in [0.15, 0.2) is 29.0 Å². The third-order valence-electron chi connectivity index (χ3n) is 8.80. The molecule has 2 saturated carbocycles. The van der Waals surface area contributed by atoms with Gasteiger partial charge in [-0.05, 0) is 55.7 Å². The number of carbonyl (C=O) groups excluding carboxylic acids is 1. The Morgan fingerprint density at radius 2 is 1.81 bits per heavy atom. The highest BCUT2D eigenvalue weighted by atomic mass is 19.2. The zero-order valence-corrected chi connectivity index (χ0v) is 21.0. The molecule has 37 heavy (non-hydrogen) atoms. The highest BCUT2D eigenvalue weighted by molar-refractivity contribution is 5.94. The maximum Gasteiger partial charge on any atom is 0.343 e. The molecule has 0 unspecified atom stereocenters. The van der Waals surface area contributed by atoms with E-state index in [1.165, 1.54) is 19.1 Å². The van der Waals surface area contributed by atoms with Crippen molar-refractivity contribution < 1.29 is 31.8 Å². The molecule has 5 nitrogen and oxygen atoms in total. The molecule has 0 saturated heterocycles. The Kier molecular flexibility index (Phi) is 5.88. The third-order valence-corrected chi connectivity index (χ3v) is 8.80. The van der Waals surface area contributed by atoms with Crippen molar-refractivity contribution in [1.29, 1.82) is 0 Å². The van der Waals surface area contributed by atoms with Crippen LogP contribution in [0.3, 0.4) is 0 Å². The summed E-state index contributed by atoms with van der Waals surface area (Å²) in [5.41, 5.74) is -2.27. The Balaban J connectivity index is 1.61.